The van der Waals surface area contributed by atoms with Crippen LogP contribution < -0.4 is 15.4 Å². The van der Waals surface area contributed by atoms with Crippen molar-refractivity contribution in [3.63, 3.8) is 0 Å². The number of ether oxygens (including phenoxy) is 1. The molecule has 4 nitrogen and oxygen atoms in total. The number of halogens is 1. The van der Waals surface area contributed by atoms with Crippen molar-refractivity contribution in [1.82, 2.24) is 5.32 Å². The lowest BCUT2D eigenvalue weighted by Gasteiger charge is -2.14. The number of rotatable bonds is 4. The topological polar surface area (TPSA) is 50.4 Å². The van der Waals surface area contributed by atoms with Gasteiger partial charge >= 0.3 is 0 Å². The third-order valence-corrected chi connectivity index (χ3v) is 2.79. The highest BCUT2D eigenvalue weighted by atomic mass is 19.1. The minimum atomic E-state index is -0.332. The molecule has 1 aliphatic rings. The highest BCUT2D eigenvalue weighted by Gasteiger charge is 2.20. The Morgan fingerprint density at radius 1 is 1.59 bits per heavy atom. The summed E-state index contributed by atoms with van der Waals surface area (Å²) in [7, 11) is 1.50. The van der Waals surface area contributed by atoms with Gasteiger partial charge in [0.1, 0.15) is 11.6 Å². The summed E-state index contributed by atoms with van der Waals surface area (Å²) in [6.45, 7) is 0.619. The smallest absolute Gasteiger partial charge is 0.220 e. The van der Waals surface area contributed by atoms with Gasteiger partial charge in [-0.05, 0) is 18.6 Å². The first-order chi connectivity index (χ1) is 8.19. The zero-order chi connectivity index (χ0) is 12.3. The lowest BCUT2D eigenvalue weighted by atomic mass is 10.2. The predicted molar refractivity (Wildman–Crippen MR) is 62.6 cm³/mol. The van der Waals surface area contributed by atoms with E-state index in [2.05, 4.69) is 10.6 Å². The quantitative estimate of drug-likeness (QED) is 0.836. The number of amides is 1. The second kappa shape index (κ2) is 5.03. The molecule has 92 valence electrons. The first-order valence-electron chi connectivity index (χ1n) is 5.56. The maximum atomic E-state index is 13.0. The van der Waals surface area contributed by atoms with Crippen LogP contribution in [0.4, 0.5) is 10.1 Å². The predicted octanol–water partition coefficient (Wildman–Crippen LogP) is 1.52. The summed E-state index contributed by atoms with van der Waals surface area (Å²) < 4.78 is 18.0. The maximum absolute atomic E-state index is 13.0. The van der Waals surface area contributed by atoms with Gasteiger partial charge in [0.2, 0.25) is 5.91 Å². The average molecular weight is 238 g/mol. The van der Waals surface area contributed by atoms with Crippen molar-refractivity contribution in [2.75, 3.05) is 19.0 Å². The minimum absolute atomic E-state index is 0.0860. The second-order valence-corrected chi connectivity index (χ2v) is 4.03. The van der Waals surface area contributed by atoms with E-state index in [1.807, 2.05) is 0 Å². The lowest BCUT2D eigenvalue weighted by molar-refractivity contribution is -0.119. The molecule has 1 fully saturated rings. The van der Waals surface area contributed by atoms with Crippen molar-refractivity contribution >= 4 is 11.6 Å². The van der Waals surface area contributed by atoms with Gasteiger partial charge in [0.05, 0.1) is 12.8 Å². The van der Waals surface area contributed by atoms with Gasteiger partial charge in [-0.25, -0.2) is 4.39 Å². The van der Waals surface area contributed by atoms with Crippen molar-refractivity contribution < 1.29 is 13.9 Å². The van der Waals surface area contributed by atoms with Crippen LogP contribution in [0.5, 0.6) is 5.75 Å². The number of anilines is 1. The second-order valence-electron chi connectivity index (χ2n) is 4.03. The summed E-state index contributed by atoms with van der Waals surface area (Å²) in [6.07, 6.45) is 1.41. The van der Waals surface area contributed by atoms with E-state index >= 15 is 0 Å². The van der Waals surface area contributed by atoms with Crippen LogP contribution in [0.3, 0.4) is 0 Å². The molecule has 1 aliphatic heterocycles. The molecular formula is C12H15FN2O2. The molecule has 0 saturated carbocycles. The normalized spacial score (nSPS) is 18.9. The fourth-order valence-electron chi connectivity index (χ4n) is 1.87. The molecule has 2 N–H and O–H groups in total. The third kappa shape index (κ3) is 2.87. The Labute approximate surface area is 99.2 Å². The average Bonchev–Trinajstić information content (AvgIpc) is 2.73. The van der Waals surface area contributed by atoms with E-state index in [0.717, 1.165) is 12.1 Å². The van der Waals surface area contributed by atoms with Gasteiger partial charge in [-0.15, -0.1) is 0 Å². The number of nitrogens with one attached hydrogen (secondary N) is 2. The standard InChI is InChI=1S/C12H15FN2O2/c1-17-11-6-8(13)2-4-10(11)14-7-9-3-5-12(16)15-9/h2,4,6,9,14H,3,5,7H2,1H3,(H,15,16). The van der Waals surface area contributed by atoms with Crippen LogP contribution in [0.2, 0.25) is 0 Å². The van der Waals surface area contributed by atoms with Crippen LogP contribution >= 0.6 is 0 Å². The molecule has 1 atom stereocenters. The maximum Gasteiger partial charge on any atom is 0.220 e. The number of hydrogen-bond acceptors (Lipinski definition) is 3. The summed E-state index contributed by atoms with van der Waals surface area (Å²) in [6, 6.07) is 4.47. The molecule has 1 unspecified atom stereocenters. The van der Waals surface area contributed by atoms with Crippen molar-refractivity contribution in [1.29, 1.82) is 0 Å². The number of carbonyl (C=O) groups is 1. The van der Waals surface area contributed by atoms with E-state index in [9.17, 15) is 9.18 Å². The molecular weight excluding hydrogens is 223 g/mol. The van der Waals surface area contributed by atoms with Crippen LogP contribution in [0.25, 0.3) is 0 Å². The SMILES string of the molecule is COc1cc(F)ccc1NCC1CCC(=O)N1. The number of hydrogen-bond donors (Lipinski definition) is 2. The fourth-order valence-corrected chi connectivity index (χ4v) is 1.87. The Kier molecular flexibility index (Phi) is 3.46. The van der Waals surface area contributed by atoms with E-state index in [1.165, 1.54) is 19.2 Å². The molecule has 1 saturated heterocycles. The van der Waals surface area contributed by atoms with Crippen molar-refractivity contribution in [3.8, 4) is 5.75 Å². The summed E-state index contributed by atoms with van der Waals surface area (Å²) in [5.41, 5.74) is 0.732. The summed E-state index contributed by atoms with van der Waals surface area (Å²) in [5, 5.41) is 6.00. The minimum Gasteiger partial charge on any atom is -0.494 e. The molecule has 17 heavy (non-hydrogen) atoms. The summed E-state index contributed by atoms with van der Waals surface area (Å²) in [5.74, 6) is 0.221. The largest absolute Gasteiger partial charge is 0.494 e. The highest BCUT2D eigenvalue weighted by molar-refractivity contribution is 5.78. The van der Waals surface area contributed by atoms with Gasteiger partial charge in [0.15, 0.2) is 0 Å². The van der Waals surface area contributed by atoms with E-state index in [4.69, 9.17) is 4.74 Å². The van der Waals surface area contributed by atoms with Crippen LogP contribution in [0, 0.1) is 5.82 Å². The Hall–Kier alpha value is -1.78. The van der Waals surface area contributed by atoms with Crippen molar-refractivity contribution in [2.45, 2.75) is 18.9 Å². The molecule has 0 aromatic heterocycles. The van der Waals surface area contributed by atoms with Crippen molar-refractivity contribution in [3.05, 3.63) is 24.0 Å². The number of carbonyl (C=O) groups excluding carboxylic acids is 1. The molecule has 0 spiro atoms. The van der Waals surface area contributed by atoms with Crippen molar-refractivity contribution in [2.24, 2.45) is 0 Å². The zero-order valence-electron chi connectivity index (χ0n) is 9.63. The van der Waals surface area contributed by atoms with E-state index in [1.54, 1.807) is 6.07 Å². The van der Waals surface area contributed by atoms with E-state index < -0.39 is 0 Å². The highest BCUT2D eigenvalue weighted by Crippen LogP contribution is 2.25. The first kappa shape index (κ1) is 11.7. The molecule has 1 aromatic carbocycles. The van der Waals surface area contributed by atoms with Gasteiger partial charge in [0, 0.05) is 25.1 Å². The van der Waals surface area contributed by atoms with Gasteiger partial charge < -0.3 is 15.4 Å². The van der Waals surface area contributed by atoms with E-state index in [-0.39, 0.29) is 17.8 Å². The summed E-state index contributed by atoms with van der Waals surface area (Å²) in [4.78, 5) is 11.0. The Bertz CT molecular complexity index is 423. The molecule has 1 amide bonds. The fraction of sp³-hybridized carbons (Fsp3) is 0.417. The van der Waals surface area contributed by atoms with Gasteiger partial charge in [-0.1, -0.05) is 0 Å². The Morgan fingerprint density at radius 3 is 3.06 bits per heavy atom. The Morgan fingerprint density at radius 2 is 2.41 bits per heavy atom. The molecule has 2 rings (SSSR count). The molecule has 0 bridgehead atoms. The molecule has 5 heteroatoms. The van der Waals surface area contributed by atoms with Crippen LogP contribution in [0.1, 0.15) is 12.8 Å². The van der Waals surface area contributed by atoms with Gasteiger partial charge in [0.25, 0.3) is 0 Å². The zero-order valence-corrected chi connectivity index (χ0v) is 9.63. The molecule has 0 radical (unpaired) electrons. The third-order valence-electron chi connectivity index (χ3n) is 2.79. The summed E-state index contributed by atoms with van der Waals surface area (Å²) >= 11 is 0. The van der Waals surface area contributed by atoms with Crippen LogP contribution in [0.15, 0.2) is 18.2 Å². The van der Waals surface area contributed by atoms with E-state index in [0.29, 0.717) is 18.7 Å². The van der Waals surface area contributed by atoms with Gasteiger partial charge in [-0.2, -0.15) is 0 Å². The molecule has 1 aromatic rings. The lowest BCUT2D eigenvalue weighted by Crippen LogP contribution is -2.31. The molecule has 0 aliphatic carbocycles. The number of methoxy groups -OCH3 is 1. The first-order valence-corrected chi connectivity index (χ1v) is 5.56. The van der Waals surface area contributed by atoms with Gasteiger partial charge in [-0.3, -0.25) is 4.79 Å². The molecule has 1 heterocycles. The monoisotopic (exact) mass is 238 g/mol. The van der Waals surface area contributed by atoms with Crippen LogP contribution in [-0.4, -0.2) is 25.6 Å². The van der Waals surface area contributed by atoms with Crippen LogP contribution in [-0.2, 0) is 4.79 Å². The number of benzene rings is 1. The Balaban J connectivity index is 1.96.